The zero-order valence-corrected chi connectivity index (χ0v) is 11.5. The quantitative estimate of drug-likeness (QED) is 0.646. The normalized spacial score (nSPS) is 12.2. The van der Waals surface area contributed by atoms with Crippen molar-refractivity contribution in [3.8, 4) is 12.3 Å². The van der Waals surface area contributed by atoms with Crippen LogP contribution in [0.25, 0.3) is 0 Å². The van der Waals surface area contributed by atoms with Crippen LogP contribution in [0.3, 0.4) is 0 Å². The highest BCUT2D eigenvalue weighted by Gasteiger charge is 2.39. The van der Waals surface area contributed by atoms with Gasteiger partial charge in [0.15, 0.2) is 6.10 Å². The highest BCUT2D eigenvalue weighted by molar-refractivity contribution is 6.39. The van der Waals surface area contributed by atoms with Crippen LogP contribution in [0.1, 0.15) is 5.56 Å². The molecule has 0 radical (unpaired) electrons. The summed E-state index contributed by atoms with van der Waals surface area (Å²) in [6, 6.07) is 6.04. The maximum atomic E-state index is 12.2. The number of carbonyl (C=O) groups is 2. The Bertz CT molecular complexity index is 608. The number of carbonyl (C=O) groups excluding carboxylic acids is 2. The van der Waals surface area contributed by atoms with E-state index in [9.17, 15) is 22.8 Å². The molecular formula is C14H13F3N2O3. The molecule has 0 heterocycles. The largest absolute Gasteiger partial charge is 0.416 e. The second kappa shape index (κ2) is 6.95. The van der Waals surface area contributed by atoms with Gasteiger partial charge in [0, 0.05) is 18.3 Å². The van der Waals surface area contributed by atoms with Crippen LogP contribution >= 0.6 is 0 Å². The first-order valence-electron chi connectivity index (χ1n) is 6.03. The van der Waals surface area contributed by atoms with Gasteiger partial charge in [-0.3, -0.25) is 9.59 Å². The van der Waals surface area contributed by atoms with Crippen molar-refractivity contribution in [2.24, 2.45) is 0 Å². The molecule has 0 fully saturated rings. The summed E-state index contributed by atoms with van der Waals surface area (Å²) in [7, 11) is 0.981. The fraction of sp³-hybridized carbons (Fsp3) is 0.286. The van der Waals surface area contributed by atoms with Crippen molar-refractivity contribution in [1.82, 2.24) is 4.90 Å². The number of hydrogen-bond donors (Lipinski definition) is 2. The Morgan fingerprint density at radius 1 is 1.45 bits per heavy atom. The zero-order chi connectivity index (χ0) is 16.9. The van der Waals surface area contributed by atoms with Gasteiger partial charge in [-0.05, 0) is 18.2 Å². The van der Waals surface area contributed by atoms with E-state index in [1.807, 2.05) is 0 Å². The lowest BCUT2D eigenvalue weighted by molar-refractivity contribution is -0.207. The third-order valence-corrected chi connectivity index (χ3v) is 2.65. The molecule has 0 aliphatic rings. The summed E-state index contributed by atoms with van der Waals surface area (Å²) >= 11 is 0. The number of rotatable bonds is 3. The predicted octanol–water partition coefficient (Wildman–Crippen LogP) is 0.988. The molecular weight excluding hydrogens is 301 g/mol. The van der Waals surface area contributed by atoms with Crippen LogP contribution in [0.4, 0.5) is 18.9 Å². The molecule has 0 spiro atoms. The molecule has 0 saturated carbocycles. The Kier molecular flexibility index (Phi) is 5.54. The summed E-state index contributed by atoms with van der Waals surface area (Å²) in [4.78, 5) is 23.8. The number of nitrogens with zero attached hydrogens (tertiary/aromatic N) is 1. The fourth-order valence-corrected chi connectivity index (χ4v) is 1.49. The van der Waals surface area contributed by atoms with Gasteiger partial charge in [-0.25, -0.2) is 0 Å². The van der Waals surface area contributed by atoms with Crippen LogP contribution in [0.2, 0.25) is 0 Å². The van der Waals surface area contributed by atoms with Crippen molar-refractivity contribution >= 4 is 17.5 Å². The third-order valence-electron chi connectivity index (χ3n) is 2.65. The van der Waals surface area contributed by atoms with Crippen LogP contribution in [0, 0.1) is 12.3 Å². The van der Waals surface area contributed by atoms with Crippen molar-refractivity contribution in [1.29, 1.82) is 0 Å². The predicted molar refractivity (Wildman–Crippen MR) is 72.7 cm³/mol. The van der Waals surface area contributed by atoms with Gasteiger partial charge in [0.25, 0.3) is 0 Å². The van der Waals surface area contributed by atoms with Gasteiger partial charge < -0.3 is 15.3 Å². The van der Waals surface area contributed by atoms with E-state index in [1.54, 1.807) is 12.1 Å². The average molecular weight is 314 g/mol. The maximum absolute atomic E-state index is 12.2. The lowest BCUT2D eigenvalue weighted by Crippen LogP contribution is -2.45. The highest BCUT2D eigenvalue weighted by Crippen LogP contribution is 2.20. The van der Waals surface area contributed by atoms with Crippen molar-refractivity contribution in [2.45, 2.75) is 12.3 Å². The number of likely N-dealkylation sites (N-methyl/N-ethyl adjacent to an activating group) is 1. The number of aliphatic hydroxyl groups is 1. The van der Waals surface area contributed by atoms with E-state index in [2.05, 4.69) is 11.2 Å². The first-order valence-corrected chi connectivity index (χ1v) is 6.03. The van der Waals surface area contributed by atoms with Gasteiger partial charge in [-0.2, -0.15) is 13.2 Å². The Morgan fingerprint density at radius 2 is 2.09 bits per heavy atom. The standard InChI is InChI=1S/C14H13F3N2O3/c1-3-9-5-4-6-10(7-9)18-12(21)13(22)19(2)8-11(20)14(15,16)17/h1,4-7,11,20H,8H2,2H3,(H,18,21). The van der Waals surface area contributed by atoms with E-state index in [-0.39, 0.29) is 5.69 Å². The lowest BCUT2D eigenvalue weighted by atomic mass is 10.2. The molecule has 1 unspecified atom stereocenters. The minimum atomic E-state index is -4.87. The second-order valence-corrected chi connectivity index (χ2v) is 4.42. The molecule has 0 aliphatic heterocycles. The molecule has 0 bridgehead atoms. The van der Waals surface area contributed by atoms with Gasteiger partial charge in [-0.15, -0.1) is 6.42 Å². The number of anilines is 1. The Labute approximate surface area is 124 Å². The van der Waals surface area contributed by atoms with Crippen molar-refractivity contribution in [3.05, 3.63) is 29.8 Å². The molecule has 2 amide bonds. The van der Waals surface area contributed by atoms with Crippen molar-refractivity contribution < 1.29 is 27.9 Å². The van der Waals surface area contributed by atoms with Gasteiger partial charge >= 0.3 is 18.0 Å². The number of terminal acetylenes is 1. The summed E-state index contributed by atoms with van der Waals surface area (Å²) in [6.07, 6.45) is -2.41. The summed E-state index contributed by atoms with van der Waals surface area (Å²) in [5.74, 6) is -0.0162. The van der Waals surface area contributed by atoms with Crippen molar-refractivity contribution in [3.63, 3.8) is 0 Å². The molecule has 0 aromatic heterocycles. The highest BCUT2D eigenvalue weighted by atomic mass is 19.4. The molecule has 1 aromatic carbocycles. The number of aliphatic hydroxyl groups excluding tert-OH is 1. The number of halogens is 3. The van der Waals surface area contributed by atoms with Crippen LogP contribution in [-0.2, 0) is 9.59 Å². The maximum Gasteiger partial charge on any atom is 0.416 e. The number of amides is 2. The van der Waals surface area contributed by atoms with Gasteiger partial charge in [0.2, 0.25) is 0 Å². The lowest BCUT2D eigenvalue weighted by Gasteiger charge is -2.21. The van der Waals surface area contributed by atoms with Crippen LogP contribution in [0.15, 0.2) is 24.3 Å². The van der Waals surface area contributed by atoms with E-state index in [0.717, 1.165) is 7.05 Å². The van der Waals surface area contributed by atoms with Crippen LogP contribution in [-0.4, -0.2) is 47.7 Å². The molecule has 1 aromatic rings. The summed E-state index contributed by atoms with van der Waals surface area (Å²) < 4.78 is 36.6. The first-order chi connectivity index (χ1) is 10.1. The Balaban J connectivity index is 2.68. The number of nitrogens with one attached hydrogen (secondary N) is 1. The molecule has 1 atom stereocenters. The van der Waals surface area contributed by atoms with E-state index < -0.39 is 30.6 Å². The van der Waals surface area contributed by atoms with Gasteiger partial charge in [0.1, 0.15) is 0 Å². The summed E-state index contributed by atoms with van der Waals surface area (Å²) in [6.45, 7) is -1.04. The van der Waals surface area contributed by atoms with Crippen LogP contribution < -0.4 is 5.32 Å². The van der Waals surface area contributed by atoms with E-state index in [1.165, 1.54) is 12.1 Å². The monoisotopic (exact) mass is 314 g/mol. The SMILES string of the molecule is C#Cc1cccc(NC(=O)C(=O)N(C)CC(O)C(F)(F)F)c1. The Hall–Kier alpha value is -2.53. The summed E-state index contributed by atoms with van der Waals surface area (Å²) in [5, 5.41) is 11.1. The first kappa shape index (κ1) is 17.5. The topological polar surface area (TPSA) is 69.6 Å². The number of hydrogen-bond acceptors (Lipinski definition) is 3. The third kappa shape index (κ3) is 4.79. The minimum absolute atomic E-state index is 0.235. The van der Waals surface area contributed by atoms with E-state index in [0.29, 0.717) is 10.5 Å². The molecule has 2 N–H and O–H groups in total. The molecule has 5 nitrogen and oxygen atoms in total. The minimum Gasteiger partial charge on any atom is -0.382 e. The van der Waals surface area contributed by atoms with Gasteiger partial charge in [0.05, 0.1) is 6.54 Å². The second-order valence-electron chi connectivity index (χ2n) is 4.42. The average Bonchev–Trinajstić information content (AvgIpc) is 2.45. The molecule has 118 valence electrons. The van der Waals surface area contributed by atoms with Crippen LogP contribution in [0.5, 0.6) is 0 Å². The fourth-order valence-electron chi connectivity index (χ4n) is 1.49. The zero-order valence-electron chi connectivity index (χ0n) is 11.5. The Morgan fingerprint density at radius 3 is 2.64 bits per heavy atom. The number of benzene rings is 1. The molecule has 0 saturated heterocycles. The van der Waals surface area contributed by atoms with Gasteiger partial charge in [-0.1, -0.05) is 12.0 Å². The molecule has 22 heavy (non-hydrogen) atoms. The van der Waals surface area contributed by atoms with Crippen molar-refractivity contribution in [2.75, 3.05) is 18.9 Å². The number of alkyl halides is 3. The molecule has 8 heteroatoms. The van der Waals surface area contributed by atoms with E-state index in [4.69, 9.17) is 11.5 Å². The smallest absolute Gasteiger partial charge is 0.382 e. The summed E-state index contributed by atoms with van der Waals surface area (Å²) in [5.41, 5.74) is 0.699. The van der Waals surface area contributed by atoms with E-state index >= 15 is 0 Å². The molecule has 1 rings (SSSR count). The molecule has 0 aliphatic carbocycles.